The minimum Gasteiger partial charge on any atom is -0.368 e. The molecular weight excluding hydrogens is 224 g/mol. The molecule has 102 valence electrons. The van der Waals surface area contributed by atoms with Crippen molar-refractivity contribution in [2.45, 2.75) is 52.4 Å². The monoisotopic (exact) mass is 250 g/mol. The largest absolute Gasteiger partial charge is 0.368 e. The van der Waals surface area contributed by atoms with Crippen LogP contribution in [0.5, 0.6) is 0 Å². The van der Waals surface area contributed by atoms with E-state index in [1.165, 1.54) is 5.57 Å². The smallest absolute Gasteiger partial charge is 0.158 e. The zero-order valence-corrected chi connectivity index (χ0v) is 11.9. The molecule has 2 nitrogen and oxygen atoms in total. The molecule has 2 rings (SSSR count). The van der Waals surface area contributed by atoms with Crippen LogP contribution in [0.15, 0.2) is 24.3 Å². The van der Waals surface area contributed by atoms with Crippen LogP contribution in [0.3, 0.4) is 0 Å². The highest BCUT2D eigenvalue weighted by Crippen LogP contribution is 2.50. The van der Waals surface area contributed by atoms with E-state index in [9.17, 15) is 5.11 Å². The summed E-state index contributed by atoms with van der Waals surface area (Å²) in [6.07, 6.45) is 2.51. The van der Waals surface area contributed by atoms with Gasteiger partial charge in [0.2, 0.25) is 0 Å². The van der Waals surface area contributed by atoms with Crippen LogP contribution in [0.25, 0.3) is 0 Å². The number of aliphatic hydroxyl groups is 1. The highest BCUT2D eigenvalue weighted by molar-refractivity contribution is 5.15. The second kappa shape index (κ2) is 5.18. The van der Waals surface area contributed by atoms with Gasteiger partial charge in [0, 0.05) is 11.8 Å². The van der Waals surface area contributed by atoms with Crippen LogP contribution in [-0.4, -0.2) is 17.5 Å². The lowest BCUT2D eigenvalue weighted by atomic mass is 9.65. The Bertz CT molecular complexity index is 345. The van der Waals surface area contributed by atoms with Crippen LogP contribution in [0.4, 0.5) is 0 Å². The summed E-state index contributed by atoms with van der Waals surface area (Å²) >= 11 is 0. The van der Waals surface area contributed by atoms with Gasteiger partial charge in [-0.2, -0.15) is 0 Å². The van der Waals surface area contributed by atoms with Crippen molar-refractivity contribution in [1.82, 2.24) is 0 Å². The molecule has 1 N–H and O–H groups in total. The summed E-state index contributed by atoms with van der Waals surface area (Å²) in [5, 5.41) is 10.3. The highest BCUT2D eigenvalue weighted by Gasteiger charge is 2.50. The number of rotatable bonds is 3. The van der Waals surface area contributed by atoms with Crippen molar-refractivity contribution in [1.29, 1.82) is 0 Å². The number of aliphatic hydroxyl groups excluding tert-OH is 1. The van der Waals surface area contributed by atoms with E-state index in [2.05, 4.69) is 27.0 Å². The van der Waals surface area contributed by atoms with E-state index < -0.39 is 6.29 Å². The van der Waals surface area contributed by atoms with Crippen LogP contribution in [-0.2, 0) is 4.74 Å². The summed E-state index contributed by atoms with van der Waals surface area (Å²) in [4.78, 5) is 0. The van der Waals surface area contributed by atoms with Crippen LogP contribution >= 0.6 is 0 Å². The lowest BCUT2D eigenvalue weighted by molar-refractivity contribution is -0.118. The van der Waals surface area contributed by atoms with Gasteiger partial charge < -0.3 is 9.84 Å². The Labute approximate surface area is 111 Å². The predicted molar refractivity (Wildman–Crippen MR) is 74.0 cm³/mol. The third-order valence-corrected chi connectivity index (χ3v) is 4.63. The molecule has 2 heteroatoms. The minimum atomic E-state index is -0.621. The van der Waals surface area contributed by atoms with Crippen LogP contribution in [0.1, 0.15) is 40.0 Å². The number of hydrogen-bond acceptors (Lipinski definition) is 2. The van der Waals surface area contributed by atoms with Gasteiger partial charge in [-0.3, -0.25) is 0 Å². The highest BCUT2D eigenvalue weighted by atomic mass is 16.6. The summed E-state index contributed by atoms with van der Waals surface area (Å²) in [6.45, 7) is 14.7. The summed E-state index contributed by atoms with van der Waals surface area (Å²) in [7, 11) is 0. The first kappa shape index (κ1) is 13.8. The molecule has 0 aromatic carbocycles. The second-order valence-corrected chi connectivity index (χ2v) is 6.43. The molecule has 1 saturated carbocycles. The topological polar surface area (TPSA) is 29.5 Å². The Balaban J connectivity index is 2.22. The normalized spacial score (nSPS) is 40.1. The molecule has 0 radical (unpaired) electrons. The van der Waals surface area contributed by atoms with Crippen molar-refractivity contribution in [3.05, 3.63) is 24.3 Å². The quantitative estimate of drug-likeness (QED) is 0.777. The molecule has 18 heavy (non-hydrogen) atoms. The van der Waals surface area contributed by atoms with Crippen LogP contribution < -0.4 is 0 Å². The lowest BCUT2D eigenvalue weighted by Gasteiger charge is -2.39. The lowest BCUT2D eigenvalue weighted by Crippen LogP contribution is -2.37. The molecule has 1 heterocycles. The van der Waals surface area contributed by atoms with E-state index in [0.29, 0.717) is 17.8 Å². The van der Waals surface area contributed by atoms with Crippen molar-refractivity contribution in [3.8, 4) is 0 Å². The van der Waals surface area contributed by atoms with Gasteiger partial charge in [0.05, 0.1) is 6.10 Å². The Morgan fingerprint density at radius 3 is 2.72 bits per heavy atom. The molecule has 5 atom stereocenters. The van der Waals surface area contributed by atoms with Gasteiger partial charge >= 0.3 is 0 Å². The number of hydrogen-bond donors (Lipinski definition) is 1. The summed E-state index contributed by atoms with van der Waals surface area (Å²) in [5.74, 6) is 1.69. The Kier molecular flexibility index (Phi) is 3.98. The molecule has 2 fully saturated rings. The van der Waals surface area contributed by atoms with E-state index in [0.717, 1.165) is 24.8 Å². The molecule has 1 aliphatic heterocycles. The average molecular weight is 250 g/mol. The zero-order chi connectivity index (χ0) is 13.4. The van der Waals surface area contributed by atoms with Gasteiger partial charge in [-0.25, -0.2) is 0 Å². The summed E-state index contributed by atoms with van der Waals surface area (Å²) in [5.41, 5.74) is 2.38. The first-order chi connectivity index (χ1) is 8.41. The fraction of sp³-hybridized carbons (Fsp3) is 0.750. The van der Waals surface area contributed by atoms with Crippen molar-refractivity contribution < 1.29 is 9.84 Å². The third kappa shape index (κ3) is 2.41. The molecule has 0 bridgehead atoms. The Morgan fingerprint density at radius 2 is 2.17 bits per heavy atom. The van der Waals surface area contributed by atoms with Crippen molar-refractivity contribution in [2.24, 2.45) is 23.7 Å². The van der Waals surface area contributed by atoms with E-state index in [1.807, 2.05) is 6.92 Å². The van der Waals surface area contributed by atoms with E-state index >= 15 is 0 Å². The molecule has 0 amide bonds. The second-order valence-electron chi connectivity index (χ2n) is 6.43. The number of ether oxygens (including phenoxy) is 1. The van der Waals surface area contributed by atoms with Gasteiger partial charge in [0.25, 0.3) is 0 Å². The van der Waals surface area contributed by atoms with Gasteiger partial charge in [-0.15, -0.1) is 6.58 Å². The molecule has 1 saturated heterocycles. The molecule has 0 spiro atoms. The molecule has 0 unspecified atom stereocenters. The third-order valence-electron chi connectivity index (χ3n) is 4.63. The Morgan fingerprint density at radius 1 is 1.50 bits per heavy atom. The van der Waals surface area contributed by atoms with Gasteiger partial charge in [0.1, 0.15) is 0 Å². The average Bonchev–Trinajstić information content (AvgIpc) is 2.56. The fourth-order valence-electron chi connectivity index (χ4n) is 3.80. The van der Waals surface area contributed by atoms with E-state index in [-0.39, 0.29) is 12.0 Å². The van der Waals surface area contributed by atoms with Crippen LogP contribution in [0.2, 0.25) is 0 Å². The maximum absolute atomic E-state index is 10.3. The van der Waals surface area contributed by atoms with Crippen molar-refractivity contribution in [2.75, 3.05) is 0 Å². The maximum atomic E-state index is 10.3. The van der Waals surface area contributed by atoms with Gasteiger partial charge in [0.15, 0.2) is 6.29 Å². The number of fused-ring (bicyclic) bond motifs is 1. The summed E-state index contributed by atoms with van der Waals surface area (Å²) in [6, 6.07) is 0. The van der Waals surface area contributed by atoms with Crippen molar-refractivity contribution in [3.63, 3.8) is 0 Å². The zero-order valence-electron chi connectivity index (χ0n) is 11.9. The fourth-order valence-corrected chi connectivity index (χ4v) is 3.80. The molecule has 2 aliphatic rings. The Hall–Kier alpha value is -0.600. The SMILES string of the molecule is C=C(C)C[C@H]1O[C@@H](O)[C@H]2[C@@H]1C(=C)CC[C@@H]2C(C)C. The van der Waals surface area contributed by atoms with Crippen LogP contribution in [0, 0.1) is 23.7 Å². The van der Waals surface area contributed by atoms with E-state index in [1.54, 1.807) is 0 Å². The molecule has 0 aromatic rings. The van der Waals surface area contributed by atoms with Gasteiger partial charge in [-0.1, -0.05) is 31.6 Å². The summed E-state index contributed by atoms with van der Waals surface area (Å²) < 4.78 is 5.80. The van der Waals surface area contributed by atoms with Gasteiger partial charge in [-0.05, 0) is 38.0 Å². The van der Waals surface area contributed by atoms with E-state index in [4.69, 9.17) is 4.74 Å². The molecular formula is C16H26O2. The molecule has 1 aliphatic carbocycles. The maximum Gasteiger partial charge on any atom is 0.158 e. The predicted octanol–water partition coefficient (Wildman–Crippen LogP) is 3.52. The standard InChI is InChI=1S/C16H26O2/c1-9(2)8-13-14-11(5)6-7-12(10(3)4)15(14)16(17)18-13/h10,12-17H,1,5-8H2,2-4H3/t12-,13-,14-,15-,16-/m1/s1. The van der Waals surface area contributed by atoms with Crippen molar-refractivity contribution >= 4 is 0 Å². The minimum absolute atomic E-state index is 0.0801. The molecule has 0 aromatic heterocycles. The first-order valence-corrected chi connectivity index (χ1v) is 7.07. The first-order valence-electron chi connectivity index (χ1n) is 7.07.